The van der Waals surface area contributed by atoms with E-state index in [1.54, 1.807) is 17.0 Å². The second-order valence-electron chi connectivity index (χ2n) is 5.35. The van der Waals surface area contributed by atoms with Gasteiger partial charge in [0.1, 0.15) is 12.1 Å². The first kappa shape index (κ1) is 17.4. The van der Waals surface area contributed by atoms with Gasteiger partial charge in [-0.1, -0.05) is 29.0 Å². The molecule has 0 atom stereocenters. The minimum Gasteiger partial charge on any atom is -0.378 e. The molecule has 10 heteroatoms. The number of fused-ring (bicyclic) bond motifs is 1. The van der Waals surface area contributed by atoms with Crippen molar-refractivity contribution in [3.8, 4) is 0 Å². The van der Waals surface area contributed by atoms with Crippen molar-refractivity contribution in [1.82, 2.24) is 9.88 Å². The fourth-order valence-electron chi connectivity index (χ4n) is 2.37. The molecule has 1 aliphatic heterocycles. The second kappa shape index (κ2) is 6.83. The molecule has 0 aliphatic carbocycles. The summed E-state index contributed by atoms with van der Waals surface area (Å²) >= 11 is 7.29. The van der Waals surface area contributed by atoms with E-state index < -0.39 is 10.0 Å². The molecule has 1 saturated heterocycles. The number of hydrogen-bond acceptors (Lipinski definition) is 6. The number of ether oxygens (including phenoxy) is 1. The van der Waals surface area contributed by atoms with Crippen LogP contribution < -0.4 is 4.31 Å². The lowest BCUT2D eigenvalue weighted by molar-refractivity contribution is -0.133. The number of halogens is 1. The van der Waals surface area contributed by atoms with Gasteiger partial charge >= 0.3 is 0 Å². The highest BCUT2D eigenvalue weighted by atomic mass is 35.5. The van der Waals surface area contributed by atoms with Crippen molar-refractivity contribution in [2.75, 3.05) is 43.4 Å². The number of nitrogens with zero attached hydrogens (tertiary/aromatic N) is 3. The van der Waals surface area contributed by atoms with Gasteiger partial charge in [0, 0.05) is 13.1 Å². The van der Waals surface area contributed by atoms with Crippen molar-refractivity contribution < 1.29 is 17.9 Å². The minimum absolute atomic E-state index is 0.238. The number of benzene rings is 1. The number of morpholine rings is 1. The maximum atomic E-state index is 12.4. The van der Waals surface area contributed by atoms with Crippen LogP contribution in [0.1, 0.15) is 0 Å². The van der Waals surface area contributed by atoms with E-state index in [2.05, 4.69) is 4.98 Å². The van der Waals surface area contributed by atoms with Crippen LogP contribution in [0, 0.1) is 0 Å². The van der Waals surface area contributed by atoms with Crippen molar-refractivity contribution in [2.24, 2.45) is 0 Å². The molecule has 1 aromatic carbocycles. The van der Waals surface area contributed by atoms with Crippen molar-refractivity contribution in [3.05, 3.63) is 23.2 Å². The lowest BCUT2D eigenvalue weighted by Gasteiger charge is -2.29. The first-order valence-corrected chi connectivity index (χ1v) is 10.3. The number of sulfonamides is 1. The first-order chi connectivity index (χ1) is 11.4. The van der Waals surface area contributed by atoms with Crippen LogP contribution in [-0.2, 0) is 19.6 Å². The standard InChI is InChI=1S/C14H16ClN3O4S2/c1-24(20,21)18(9-12(19)17-5-7-22-8-6-17)14-16-13-10(15)3-2-4-11(13)23-14/h2-4H,5-9H2,1H3. The summed E-state index contributed by atoms with van der Waals surface area (Å²) in [4.78, 5) is 18.3. The average Bonchev–Trinajstić information content (AvgIpc) is 2.97. The summed E-state index contributed by atoms with van der Waals surface area (Å²) in [6, 6.07) is 5.28. The van der Waals surface area contributed by atoms with E-state index in [1.807, 2.05) is 6.07 Å². The molecular formula is C14H16ClN3O4S2. The highest BCUT2D eigenvalue weighted by molar-refractivity contribution is 7.92. The van der Waals surface area contributed by atoms with Crippen LogP contribution in [0.5, 0.6) is 0 Å². The van der Waals surface area contributed by atoms with Crippen LogP contribution in [0.15, 0.2) is 18.2 Å². The molecule has 1 aliphatic rings. The number of anilines is 1. The molecule has 1 amide bonds. The summed E-state index contributed by atoms with van der Waals surface area (Å²) in [6.45, 7) is 1.56. The van der Waals surface area contributed by atoms with Crippen LogP contribution in [0.25, 0.3) is 10.2 Å². The van der Waals surface area contributed by atoms with Crippen molar-refractivity contribution >= 4 is 54.2 Å². The number of carbonyl (C=O) groups is 1. The van der Waals surface area contributed by atoms with Gasteiger partial charge < -0.3 is 9.64 Å². The molecule has 2 heterocycles. The smallest absolute Gasteiger partial charge is 0.243 e. The quantitative estimate of drug-likeness (QED) is 0.793. The third kappa shape index (κ3) is 3.64. The number of hydrogen-bond donors (Lipinski definition) is 0. The van der Waals surface area contributed by atoms with E-state index in [9.17, 15) is 13.2 Å². The molecule has 0 radical (unpaired) electrons. The van der Waals surface area contributed by atoms with E-state index >= 15 is 0 Å². The lowest BCUT2D eigenvalue weighted by atomic mass is 10.3. The molecular weight excluding hydrogens is 374 g/mol. The van der Waals surface area contributed by atoms with Gasteiger partial charge in [-0.05, 0) is 12.1 Å². The topological polar surface area (TPSA) is 79.8 Å². The molecule has 0 bridgehead atoms. The summed E-state index contributed by atoms with van der Waals surface area (Å²) < 4.78 is 31.4. The Morgan fingerprint density at radius 3 is 2.75 bits per heavy atom. The van der Waals surface area contributed by atoms with Crippen LogP contribution in [0.2, 0.25) is 5.02 Å². The Bertz CT molecular complexity index is 862. The van der Waals surface area contributed by atoms with E-state index in [4.69, 9.17) is 16.3 Å². The van der Waals surface area contributed by atoms with Crippen molar-refractivity contribution in [1.29, 1.82) is 0 Å². The lowest BCUT2D eigenvalue weighted by Crippen LogP contribution is -2.47. The van der Waals surface area contributed by atoms with Gasteiger partial charge in [0.05, 0.1) is 29.2 Å². The van der Waals surface area contributed by atoms with E-state index in [0.717, 1.165) is 15.3 Å². The molecule has 0 N–H and O–H groups in total. The van der Waals surface area contributed by atoms with Gasteiger partial charge in [0.25, 0.3) is 0 Å². The SMILES string of the molecule is CS(=O)(=O)N(CC(=O)N1CCOCC1)c1nc2c(Cl)cccc2s1. The van der Waals surface area contributed by atoms with Gasteiger partial charge in [-0.2, -0.15) is 0 Å². The van der Waals surface area contributed by atoms with Gasteiger partial charge in [0.2, 0.25) is 21.1 Å². The average molecular weight is 390 g/mol. The summed E-state index contributed by atoms with van der Waals surface area (Å²) in [6.07, 6.45) is 1.06. The van der Waals surface area contributed by atoms with Gasteiger partial charge in [-0.3, -0.25) is 4.79 Å². The second-order valence-corrected chi connectivity index (χ2v) is 8.67. The number of carbonyl (C=O) groups excluding carboxylic acids is 1. The molecule has 1 fully saturated rings. The maximum absolute atomic E-state index is 12.4. The molecule has 0 unspecified atom stereocenters. The van der Waals surface area contributed by atoms with Crippen LogP contribution in [0.3, 0.4) is 0 Å². The summed E-state index contributed by atoms with van der Waals surface area (Å²) in [5.74, 6) is -0.269. The predicted molar refractivity (Wildman–Crippen MR) is 94.2 cm³/mol. The van der Waals surface area contributed by atoms with Gasteiger partial charge in [-0.15, -0.1) is 0 Å². The summed E-state index contributed by atoms with van der Waals surface area (Å²) in [5, 5.41) is 0.685. The highest BCUT2D eigenvalue weighted by Gasteiger charge is 2.27. The van der Waals surface area contributed by atoms with Crippen molar-refractivity contribution in [3.63, 3.8) is 0 Å². The molecule has 0 spiro atoms. The monoisotopic (exact) mass is 389 g/mol. The third-order valence-electron chi connectivity index (χ3n) is 3.61. The highest BCUT2D eigenvalue weighted by Crippen LogP contribution is 2.33. The fourth-order valence-corrected chi connectivity index (χ4v) is 4.73. The van der Waals surface area contributed by atoms with Crippen LogP contribution in [0.4, 0.5) is 5.13 Å². The van der Waals surface area contributed by atoms with Crippen LogP contribution in [-0.4, -0.2) is 63.3 Å². The normalized spacial score (nSPS) is 15.7. The third-order valence-corrected chi connectivity index (χ3v) is 6.18. The molecule has 2 aromatic rings. The number of rotatable bonds is 4. The Balaban J connectivity index is 1.91. The predicted octanol–water partition coefficient (Wildman–Crippen LogP) is 1.57. The molecule has 1 aromatic heterocycles. The zero-order valence-electron chi connectivity index (χ0n) is 12.9. The number of amides is 1. The minimum atomic E-state index is -3.65. The molecule has 7 nitrogen and oxygen atoms in total. The van der Waals surface area contributed by atoms with Gasteiger partial charge in [0.15, 0.2) is 0 Å². The molecule has 0 saturated carbocycles. The van der Waals surface area contributed by atoms with E-state index in [0.29, 0.717) is 36.8 Å². The van der Waals surface area contributed by atoms with Crippen LogP contribution >= 0.6 is 22.9 Å². The Labute approximate surface area is 148 Å². The summed E-state index contributed by atoms with van der Waals surface area (Å²) in [5.41, 5.74) is 0.534. The first-order valence-electron chi connectivity index (χ1n) is 7.24. The zero-order valence-corrected chi connectivity index (χ0v) is 15.3. The maximum Gasteiger partial charge on any atom is 0.243 e. The van der Waals surface area contributed by atoms with E-state index in [1.165, 1.54) is 11.3 Å². The number of para-hydroxylation sites is 1. The number of aromatic nitrogens is 1. The fraction of sp³-hybridized carbons (Fsp3) is 0.429. The Kier molecular flexibility index (Phi) is 4.95. The Morgan fingerprint density at radius 2 is 2.12 bits per heavy atom. The zero-order chi connectivity index (χ0) is 17.3. The molecule has 24 heavy (non-hydrogen) atoms. The Hall–Kier alpha value is -1.42. The molecule has 130 valence electrons. The largest absolute Gasteiger partial charge is 0.378 e. The number of thiazole rings is 1. The molecule has 3 rings (SSSR count). The summed E-state index contributed by atoms with van der Waals surface area (Å²) in [7, 11) is -3.65. The van der Waals surface area contributed by atoms with Gasteiger partial charge in [-0.25, -0.2) is 17.7 Å². The Morgan fingerprint density at radius 1 is 1.42 bits per heavy atom. The van der Waals surface area contributed by atoms with E-state index in [-0.39, 0.29) is 17.6 Å². The van der Waals surface area contributed by atoms with Crippen molar-refractivity contribution in [2.45, 2.75) is 0 Å².